The minimum Gasteiger partial charge on any atom is -0.465 e. The maximum absolute atomic E-state index is 13.7. The van der Waals surface area contributed by atoms with Crippen LogP contribution < -0.4 is 5.32 Å². The molecule has 0 aromatic heterocycles. The normalized spacial score (nSPS) is 10.3. The molecule has 24 heavy (non-hydrogen) atoms. The second kappa shape index (κ2) is 8.44. The zero-order valence-corrected chi connectivity index (χ0v) is 13.7. The van der Waals surface area contributed by atoms with Crippen LogP contribution in [-0.4, -0.2) is 24.7 Å². The van der Waals surface area contributed by atoms with Crippen molar-refractivity contribution in [3.05, 3.63) is 59.7 Å². The van der Waals surface area contributed by atoms with Crippen LogP contribution in [0.3, 0.4) is 0 Å². The molecule has 2 rings (SSSR count). The monoisotopic (exact) mass is 351 g/mol. The van der Waals surface area contributed by atoms with E-state index in [0.29, 0.717) is 11.8 Å². The first-order valence-electron chi connectivity index (χ1n) is 7.06. The van der Waals surface area contributed by atoms with E-state index in [-0.39, 0.29) is 12.1 Å². The Morgan fingerprint density at radius 1 is 1.12 bits per heavy atom. The summed E-state index contributed by atoms with van der Waals surface area (Å²) in [5, 5.41) is 2.34. The Kier molecular flexibility index (Phi) is 6.31. The molecule has 0 bridgehead atoms. The summed E-state index contributed by atoms with van der Waals surface area (Å²) in [6.07, 6.45) is 0.143. The van der Waals surface area contributed by atoms with Gasteiger partial charge in [0.05, 0.1) is 18.4 Å². The molecule has 0 saturated heterocycles. The number of thioether (sulfide) groups is 1. The van der Waals surface area contributed by atoms with Crippen molar-refractivity contribution in [1.82, 2.24) is 0 Å². The fourth-order valence-corrected chi connectivity index (χ4v) is 2.77. The van der Waals surface area contributed by atoms with Gasteiger partial charge in [0.2, 0.25) is 5.91 Å². The zero-order valence-electron chi connectivity index (χ0n) is 12.8. The lowest BCUT2D eigenvalue weighted by molar-refractivity contribution is -0.115. The Labute approximate surface area is 142 Å². The van der Waals surface area contributed by atoms with Crippen LogP contribution in [-0.2, 0) is 9.53 Å². The summed E-state index contributed by atoms with van der Waals surface area (Å²) < 4.78 is 31.7. The van der Waals surface area contributed by atoms with E-state index in [1.807, 2.05) is 30.3 Å². The van der Waals surface area contributed by atoms with Crippen LogP contribution in [0.5, 0.6) is 0 Å². The van der Waals surface area contributed by atoms with Crippen molar-refractivity contribution in [3.8, 4) is 0 Å². The maximum Gasteiger partial charge on any atom is 0.340 e. The van der Waals surface area contributed by atoms with E-state index in [9.17, 15) is 18.4 Å². The van der Waals surface area contributed by atoms with Gasteiger partial charge in [-0.15, -0.1) is 11.8 Å². The van der Waals surface area contributed by atoms with Gasteiger partial charge in [-0.2, -0.15) is 0 Å². The summed E-state index contributed by atoms with van der Waals surface area (Å²) in [4.78, 5) is 24.3. The van der Waals surface area contributed by atoms with Gasteiger partial charge in [-0.1, -0.05) is 18.2 Å². The van der Waals surface area contributed by atoms with E-state index in [1.54, 1.807) is 0 Å². The molecule has 0 aliphatic rings. The van der Waals surface area contributed by atoms with Crippen LogP contribution in [0.15, 0.2) is 47.4 Å². The van der Waals surface area contributed by atoms with Crippen molar-refractivity contribution in [1.29, 1.82) is 0 Å². The summed E-state index contributed by atoms with van der Waals surface area (Å²) in [7, 11) is 1.09. The molecule has 1 amide bonds. The number of nitrogens with one attached hydrogen (secondary N) is 1. The highest BCUT2D eigenvalue weighted by Gasteiger charge is 2.17. The van der Waals surface area contributed by atoms with Crippen molar-refractivity contribution in [2.75, 3.05) is 18.2 Å². The van der Waals surface area contributed by atoms with Crippen molar-refractivity contribution < 1.29 is 23.1 Å². The van der Waals surface area contributed by atoms with Crippen molar-refractivity contribution >= 4 is 29.3 Å². The first-order chi connectivity index (χ1) is 11.5. The molecule has 2 aromatic carbocycles. The topological polar surface area (TPSA) is 55.4 Å². The lowest BCUT2D eigenvalue weighted by Gasteiger charge is -2.09. The number of esters is 1. The summed E-state index contributed by atoms with van der Waals surface area (Å²) in [6.45, 7) is 0. The van der Waals surface area contributed by atoms with Gasteiger partial charge in [-0.05, 0) is 18.2 Å². The van der Waals surface area contributed by atoms with Gasteiger partial charge in [0.25, 0.3) is 0 Å². The highest BCUT2D eigenvalue weighted by molar-refractivity contribution is 7.99. The van der Waals surface area contributed by atoms with Gasteiger partial charge in [0.1, 0.15) is 11.6 Å². The van der Waals surface area contributed by atoms with Gasteiger partial charge in [-0.3, -0.25) is 4.79 Å². The van der Waals surface area contributed by atoms with Crippen LogP contribution in [0, 0.1) is 11.6 Å². The number of carbonyl (C=O) groups is 2. The molecular weight excluding hydrogens is 336 g/mol. The fraction of sp³-hybridized carbons (Fsp3) is 0.176. The Bertz CT molecular complexity index is 738. The number of rotatable bonds is 6. The van der Waals surface area contributed by atoms with Crippen LogP contribution >= 0.6 is 11.8 Å². The molecule has 0 aliphatic heterocycles. The van der Waals surface area contributed by atoms with Gasteiger partial charge < -0.3 is 10.1 Å². The Balaban J connectivity index is 1.97. The Morgan fingerprint density at radius 3 is 2.50 bits per heavy atom. The quantitative estimate of drug-likeness (QED) is 0.634. The number of hydrogen-bond acceptors (Lipinski definition) is 4. The van der Waals surface area contributed by atoms with Gasteiger partial charge in [-0.25, -0.2) is 13.6 Å². The lowest BCUT2D eigenvalue weighted by Crippen LogP contribution is -2.15. The van der Waals surface area contributed by atoms with Crippen LogP contribution in [0.1, 0.15) is 16.8 Å². The largest absolute Gasteiger partial charge is 0.465 e. The lowest BCUT2D eigenvalue weighted by atomic mass is 10.1. The average Bonchev–Trinajstić information content (AvgIpc) is 2.57. The highest BCUT2D eigenvalue weighted by atomic mass is 32.2. The molecule has 2 aromatic rings. The van der Waals surface area contributed by atoms with E-state index in [1.165, 1.54) is 11.8 Å². The second-order valence-electron chi connectivity index (χ2n) is 4.76. The number of ether oxygens (including phenoxy) is 1. The molecular formula is C17H15F2NO3S. The minimum atomic E-state index is -1.04. The maximum atomic E-state index is 13.7. The smallest absolute Gasteiger partial charge is 0.340 e. The Morgan fingerprint density at radius 2 is 1.83 bits per heavy atom. The number of methoxy groups -OCH3 is 1. The molecule has 0 saturated carbocycles. The third-order valence-corrected chi connectivity index (χ3v) is 4.09. The second-order valence-corrected chi connectivity index (χ2v) is 5.93. The van der Waals surface area contributed by atoms with E-state index >= 15 is 0 Å². The number of benzene rings is 2. The minimum absolute atomic E-state index is 0.143. The van der Waals surface area contributed by atoms with Gasteiger partial charge >= 0.3 is 5.97 Å². The molecule has 0 fully saturated rings. The zero-order chi connectivity index (χ0) is 17.5. The van der Waals surface area contributed by atoms with E-state index in [2.05, 4.69) is 10.1 Å². The standard InChI is InChI=1S/C17H15F2NO3S/c1-23-17(22)12-9-15(14(19)10-13(12)18)20-16(21)7-8-24-11-5-3-2-4-6-11/h2-6,9-10H,7-8H2,1H3,(H,20,21). The van der Waals surface area contributed by atoms with Crippen LogP contribution in [0.2, 0.25) is 0 Å². The molecule has 0 atom stereocenters. The van der Waals surface area contributed by atoms with Crippen molar-refractivity contribution in [2.45, 2.75) is 11.3 Å². The third-order valence-electron chi connectivity index (χ3n) is 3.08. The first kappa shape index (κ1) is 17.9. The summed E-state index contributed by atoms with van der Waals surface area (Å²) in [6, 6.07) is 11.0. The van der Waals surface area contributed by atoms with Gasteiger partial charge in [0, 0.05) is 23.1 Å². The molecule has 0 spiro atoms. The van der Waals surface area contributed by atoms with Crippen LogP contribution in [0.4, 0.5) is 14.5 Å². The number of halogens is 2. The first-order valence-corrected chi connectivity index (χ1v) is 8.05. The molecule has 7 heteroatoms. The van der Waals surface area contributed by atoms with E-state index in [0.717, 1.165) is 18.1 Å². The molecule has 0 heterocycles. The van der Waals surface area contributed by atoms with Crippen LogP contribution in [0.25, 0.3) is 0 Å². The number of carbonyl (C=O) groups excluding carboxylic acids is 2. The van der Waals surface area contributed by atoms with Crippen molar-refractivity contribution in [2.24, 2.45) is 0 Å². The number of amides is 1. The summed E-state index contributed by atoms with van der Waals surface area (Å²) in [5.74, 6) is -2.87. The average molecular weight is 351 g/mol. The SMILES string of the molecule is COC(=O)c1cc(NC(=O)CCSc2ccccc2)c(F)cc1F. The van der Waals surface area contributed by atoms with Gasteiger partial charge in [0.15, 0.2) is 0 Å². The summed E-state index contributed by atoms with van der Waals surface area (Å²) >= 11 is 1.49. The number of hydrogen-bond donors (Lipinski definition) is 1. The third kappa shape index (κ3) is 4.79. The summed E-state index contributed by atoms with van der Waals surface area (Å²) in [5.41, 5.74) is -0.695. The highest BCUT2D eigenvalue weighted by Crippen LogP contribution is 2.22. The molecule has 0 radical (unpaired) electrons. The predicted molar refractivity (Wildman–Crippen MR) is 88.1 cm³/mol. The number of anilines is 1. The Hall–Kier alpha value is -2.41. The van der Waals surface area contributed by atoms with Crippen molar-refractivity contribution in [3.63, 3.8) is 0 Å². The fourth-order valence-electron chi connectivity index (χ4n) is 1.90. The molecule has 1 N–H and O–H groups in total. The van der Waals surface area contributed by atoms with E-state index in [4.69, 9.17) is 0 Å². The van der Waals surface area contributed by atoms with E-state index < -0.39 is 29.1 Å². The molecule has 126 valence electrons. The molecule has 0 unspecified atom stereocenters. The predicted octanol–water partition coefficient (Wildman–Crippen LogP) is 3.87. The molecule has 4 nitrogen and oxygen atoms in total. The molecule has 0 aliphatic carbocycles.